The standard InChI is InChI=1S/C23H23ClF3N5O/c1-13-19(24)14(2)32-20(29-13)17-10-31(11-18(17)30-32)21(33)16-6-4-3-5-15(16)9-22(23(25,26)27)7-8-28-12-22/h3-6,28H,7-12H2,1-2H3. The summed E-state index contributed by atoms with van der Waals surface area (Å²) in [6.45, 7) is 4.42. The number of alkyl halides is 3. The van der Waals surface area contributed by atoms with Crippen LogP contribution < -0.4 is 5.32 Å². The Morgan fingerprint density at radius 2 is 2.00 bits per heavy atom. The number of carbonyl (C=O) groups is 1. The fourth-order valence-corrected chi connectivity index (χ4v) is 5.03. The minimum Gasteiger partial charge on any atom is -0.328 e. The smallest absolute Gasteiger partial charge is 0.328 e. The largest absolute Gasteiger partial charge is 0.396 e. The molecule has 1 fully saturated rings. The molecule has 1 aromatic carbocycles. The van der Waals surface area contributed by atoms with Crippen molar-refractivity contribution >= 4 is 23.2 Å². The zero-order valence-corrected chi connectivity index (χ0v) is 19.0. The molecule has 3 aromatic rings. The average Bonchev–Trinajstić information content (AvgIpc) is 3.48. The molecule has 0 aliphatic carbocycles. The van der Waals surface area contributed by atoms with Crippen molar-refractivity contribution in [2.75, 3.05) is 13.1 Å². The minimum atomic E-state index is -4.36. The molecule has 2 aliphatic heterocycles. The van der Waals surface area contributed by atoms with Crippen molar-refractivity contribution < 1.29 is 18.0 Å². The molecule has 10 heteroatoms. The molecule has 33 heavy (non-hydrogen) atoms. The topological polar surface area (TPSA) is 62.5 Å². The number of rotatable bonds is 3. The van der Waals surface area contributed by atoms with Crippen LogP contribution in [0, 0.1) is 19.3 Å². The second-order valence-electron chi connectivity index (χ2n) is 8.96. The van der Waals surface area contributed by atoms with Gasteiger partial charge in [0.25, 0.3) is 5.91 Å². The molecule has 0 spiro atoms. The molecule has 1 unspecified atom stereocenters. The molecule has 0 saturated carbocycles. The van der Waals surface area contributed by atoms with Gasteiger partial charge >= 0.3 is 6.18 Å². The Hall–Kier alpha value is -2.65. The van der Waals surface area contributed by atoms with Crippen LogP contribution in [0.25, 0.3) is 5.65 Å². The molecule has 4 heterocycles. The lowest BCUT2D eigenvalue weighted by atomic mass is 9.79. The maximum Gasteiger partial charge on any atom is 0.396 e. The van der Waals surface area contributed by atoms with Crippen molar-refractivity contribution in [3.05, 3.63) is 63.1 Å². The van der Waals surface area contributed by atoms with Gasteiger partial charge in [0.15, 0.2) is 5.65 Å². The number of aryl methyl sites for hydroxylation is 2. The molecule has 1 saturated heterocycles. The van der Waals surface area contributed by atoms with Crippen molar-refractivity contribution in [1.82, 2.24) is 24.8 Å². The van der Waals surface area contributed by atoms with Gasteiger partial charge in [-0.25, -0.2) is 9.50 Å². The molecule has 1 atom stereocenters. The maximum atomic E-state index is 14.0. The van der Waals surface area contributed by atoms with E-state index in [4.69, 9.17) is 11.6 Å². The Bertz CT molecular complexity index is 1260. The number of amides is 1. The highest BCUT2D eigenvalue weighted by molar-refractivity contribution is 6.31. The van der Waals surface area contributed by atoms with E-state index in [1.165, 1.54) is 0 Å². The molecule has 0 radical (unpaired) electrons. The summed E-state index contributed by atoms with van der Waals surface area (Å²) in [5.41, 5.74) is 2.54. The van der Waals surface area contributed by atoms with Crippen molar-refractivity contribution in [2.24, 2.45) is 5.41 Å². The monoisotopic (exact) mass is 477 g/mol. The molecule has 1 amide bonds. The van der Waals surface area contributed by atoms with Gasteiger partial charge in [-0.15, -0.1) is 0 Å². The summed E-state index contributed by atoms with van der Waals surface area (Å²) in [5.74, 6) is -0.299. The van der Waals surface area contributed by atoms with Crippen LogP contribution in [0.15, 0.2) is 24.3 Å². The zero-order valence-electron chi connectivity index (χ0n) is 18.3. The number of benzene rings is 1. The third kappa shape index (κ3) is 3.49. The first-order valence-electron chi connectivity index (χ1n) is 10.8. The summed E-state index contributed by atoms with van der Waals surface area (Å²) >= 11 is 6.30. The van der Waals surface area contributed by atoms with Gasteiger partial charge in [-0.05, 0) is 44.9 Å². The summed E-state index contributed by atoms with van der Waals surface area (Å²) in [6.07, 6.45) is -4.59. The van der Waals surface area contributed by atoms with E-state index in [1.54, 1.807) is 33.7 Å². The minimum absolute atomic E-state index is 0.00158. The number of fused-ring (bicyclic) bond motifs is 3. The highest BCUT2D eigenvalue weighted by Crippen LogP contribution is 2.46. The normalized spacial score (nSPS) is 20.6. The van der Waals surface area contributed by atoms with Crippen LogP contribution in [0.3, 0.4) is 0 Å². The first kappa shape index (κ1) is 22.2. The highest BCUT2D eigenvalue weighted by Gasteiger charge is 2.56. The Kier molecular flexibility index (Phi) is 5.17. The maximum absolute atomic E-state index is 14.0. The van der Waals surface area contributed by atoms with Gasteiger partial charge in [0.05, 0.1) is 40.6 Å². The third-order valence-corrected chi connectivity index (χ3v) is 7.41. The van der Waals surface area contributed by atoms with E-state index in [9.17, 15) is 18.0 Å². The van der Waals surface area contributed by atoms with Crippen LogP contribution in [0.4, 0.5) is 13.2 Å². The van der Waals surface area contributed by atoms with Crippen molar-refractivity contribution in [1.29, 1.82) is 0 Å². The lowest BCUT2D eigenvalue weighted by molar-refractivity contribution is -0.216. The summed E-state index contributed by atoms with van der Waals surface area (Å²) in [7, 11) is 0. The van der Waals surface area contributed by atoms with Crippen LogP contribution in [0.2, 0.25) is 5.02 Å². The fourth-order valence-electron chi connectivity index (χ4n) is 4.91. The van der Waals surface area contributed by atoms with Crippen LogP contribution in [-0.2, 0) is 19.5 Å². The molecule has 5 rings (SSSR count). The van der Waals surface area contributed by atoms with Crippen LogP contribution in [-0.4, -0.2) is 44.7 Å². The van der Waals surface area contributed by atoms with Crippen molar-refractivity contribution in [3.8, 4) is 0 Å². The van der Waals surface area contributed by atoms with E-state index >= 15 is 0 Å². The lowest BCUT2D eigenvalue weighted by Gasteiger charge is -2.32. The van der Waals surface area contributed by atoms with Gasteiger partial charge in [0.2, 0.25) is 0 Å². The zero-order chi connectivity index (χ0) is 23.5. The Morgan fingerprint density at radius 3 is 2.70 bits per heavy atom. The predicted octanol–water partition coefficient (Wildman–Crippen LogP) is 4.24. The van der Waals surface area contributed by atoms with Crippen molar-refractivity contribution in [2.45, 2.75) is 46.0 Å². The van der Waals surface area contributed by atoms with Gasteiger partial charge < -0.3 is 10.2 Å². The first-order valence-corrected chi connectivity index (χ1v) is 11.2. The number of aromatic nitrogens is 3. The Balaban J connectivity index is 1.45. The van der Waals surface area contributed by atoms with Gasteiger partial charge in [0, 0.05) is 17.7 Å². The third-order valence-electron chi connectivity index (χ3n) is 6.86. The number of nitrogens with one attached hydrogen (secondary N) is 1. The number of hydrogen-bond donors (Lipinski definition) is 1. The predicted molar refractivity (Wildman–Crippen MR) is 117 cm³/mol. The van der Waals surface area contributed by atoms with Crippen LogP contribution >= 0.6 is 11.6 Å². The second kappa shape index (κ2) is 7.70. The summed E-state index contributed by atoms with van der Waals surface area (Å²) in [6, 6.07) is 6.61. The quantitative estimate of drug-likeness (QED) is 0.613. The number of halogens is 4. The average molecular weight is 478 g/mol. The Labute approximate surface area is 193 Å². The van der Waals surface area contributed by atoms with Gasteiger partial charge in [-0.2, -0.15) is 18.3 Å². The molecule has 6 nitrogen and oxygen atoms in total. The van der Waals surface area contributed by atoms with E-state index in [0.29, 0.717) is 40.6 Å². The molecule has 2 aliphatic rings. The number of hydrogen-bond acceptors (Lipinski definition) is 4. The van der Waals surface area contributed by atoms with E-state index in [-0.39, 0.29) is 31.8 Å². The fraction of sp³-hybridized carbons (Fsp3) is 0.435. The summed E-state index contributed by atoms with van der Waals surface area (Å²) in [5, 5.41) is 7.98. The van der Waals surface area contributed by atoms with E-state index in [1.807, 2.05) is 13.8 Å². The lowest BCUT2D eigenvalue weighted by Crippen LogP contribution is -2.42. The van der Waals surface area contributed by atoms with E-state index < -0.39 is 11.6 Å². The molecular formula is C23H23ClF3N5O. The van der Waals surface area contributed by atoms with Crippen LogP contribution in [0.1, 0.15) is 45.0 Å². The number of nitrogens with zero attached hydrogens (tertiary/aromatic N) is 4. The van der Waals surface area contributed by atoms with Gasteiger partial charge in [0.1, 0.15) is 0 Å². The highest BCUT2D eigenvalue weighted by atomic mass is 35.5. The van der Waals surface area contributed by atoms with E-state index in [2.05, 4.69) is 15.4 Å². The molecular weight excluding hydrogens is 455 g/mol. The van der Waals surface area contributed by atoms with Crippen LogP contribution in [0.5, 0.6) is 0 Å². The molecule has 174 valence electrons. The molecule has 1 N–H and O–H groups in total. The molecule has 0 bridgehead atoms. The second-order valence-corrected chi connectivity index (χ2v) is 9.34. The number of carbonyl (C=O) groups excluding carboxylic acids is 1. The SMILES string of the molecule is Cc1nc2c3c(nn2c(C)c1Cl)CN(C(=O)c1ccccc1CC1(C(F)(F)F)CCNC1)C3. The summed E-state index contributed by atoms with van der Waals surface area (Å²) in [4.78, 5) is 19.6. The molecule has 2 aromatic heterocycles. The first-order chi connectivity index (χ1) is 15.6. The van der Waals surface area contributed by atoms with Gasteiger partial charge in [-0.1, -0.05) is 29.8 Å². The van der Waals surface area contributed by atoms with Gasteiger partial charge in [-0.3, -0.25) is 4.79 Å². The van der Waals surface area contributed by atoms with Crippen molar-refractivity contribution in [3.63, 3.8) is 0 Å². The van der Waals surface area contributed by atoms with E-state index in [0.717, 1.165) is 17.0 Å². The Morgan fingerprint density at radius 1 is 1.24 bits per heavy atom. The summed E-state index contributed by atoms with van der Waals surface area (Å²) < 4.78 is 43.5.